The van der Waals surface area contributed by atoms with Crippen molar-refractivity contribution in [2.45, 2.75) is 90.0 Å². The van der Waals surface area contributed by atoms with Crippen molar-refractivity contribution < 1.29 is 14.6 Å². The summed E-state index contributed by atoms with van der Waals surface area (Å²) < 4.78 is 13.6. The van der Waals surface area contributed by atoms with Gasteiger partial charge >= 0.3 is 0 Å². The first-order chi connectivity index (χ1) is 13.8. The van der Waals surface area contributed by atoms with Crippen LogP contribution in [-0.2, 0) is 0 Å². The molecule has 3 aliphatic carbocycles. The molecule has 29 heavy (non-hydrogen) atoms. The highest BCUT2D eigenvalue weighted by Gasteiger charge is 2.50. The fourth-order valence-electron chi connectivity index (χ4n) is 7.23. The van der Waals surface area contributed by atoms with Crippen LogP contribution < -0.4 is 0 Å². The number of likely N-dealkylation sites (tertiary alicyclic amines) is 1. The third-order valence-corrected chi connectivity index (χ3v) is 8.56. The number of nitrogens with zero attached hydrogens (tertiary/aromatic N) is 1. The Bertz CT molecular complexity index is 635. The molecule has 0 aromatic rings. The van der Waals surface area contributed by atoms with Gasteiger partial charge in [-0.1, -0.05) is 37.1 Å². The normalized spacial score (nSPS) is 43.6. The minimum Gasteiger partial charge on any atom is -0.393 e. The molecular weight excluding hydrogens is 365 g/mol. The fourth-order valence-corrected chi connectivity index (χ4v) is 7.23. The molecule has 0 radical (unpaired) electrons. The Morgan fingerprint density at radius 1 is 1.17 bits per heavy atom. The zero-order chi connectivity index (χ0) is 20.6. The predicted molar refractivity (Wildman–Crippen MR) is 115 cm³/mol. The lowest BCUT2D eigenvalue weighted by molar-refractivity contribution is 0.0609. The molecule has 4 rings (SSSR count). The van der Waals surface area contributed by atoms with E-state index in [1.54, 1.807) is 5.57 Å². The molecule has 2 N–H and O–H groups in total. The number of rotatable bonds is 4. The Hall–Kier alpha value is -0.710. The van der Waals surface area contributed by atoms with Gasteiger partial charge in [0.25, 0.3) is 0 Å². The minimum absolute atomic E-state index is 0.364. The molecule has 4 heteroatoms. The van der Waals surface area contributed by atoms with E-state index in [1.807, 2.05) is 0 Å². The van der Waals surface area contributed by atoms with Crippen LogP contribution in [0, 0.1) is 23.2 Å². The summed E-state index contributed by atoms with van der Waals surface area (Å²) >= 11 is 0. The second-order valence-corrected chi connectivity index (χ2v) is 10.7. The van der Waals surface area contributed by atoms with Crippen molar-refractivity contribution in [3.63, 3.8) is 0 Å². The summed E-state index contributed by atoms with van der Waals surface area (Å²) in [5.41, 5.74) is 3.14. The molecule has 3 nitrogen and oxygen atoms in total. The monoisotopic (exact) mass is 405 g/mol. The van der Waals surface area contributed by atoms with Crippen molar-refractivity contribution in [3.05, 3.63) is 23.3 Å². The lowest BCUT2D eigenvalue weighted by atomic mass is 9.61. The van der Waals surface area contributed by atoms with E-state index in [9.17, 15) is 14.6 Å². The molecule has 0 aromatic carbocycles. The van der Waals surface area contributed by atoms with Crippen LogP contribution in [0.1, 0.15) is 71.6 Å². The second kappa shape index (κ2) is 8.80. The Labute approximate surface area is 176 Å². The Morgan fingerprint density at radius 2 is 1.93 bits per heavy atom. The van der Waals surface area contributed by atoms with E-state index in [-0.39, 0.29) is 0 Å². The molecule has 0 amide bonds. The van der Waals surface area contributed by atoms with Crippen molar-refractivity contribution in [3.8, 4) is 0 Å². The molecule has 1 saturated heterocycles. The average Bonchev–Trinajstić information content (AvgIpc) is 3.21. The number of alkyl halides is 1. The number of halogens is 1. The summed E-state index contributed by atoms with van der Waals surface area (Å²) in [5, 5.41) is 19.9. The first-order valence-corrected chi connectivity index (χ1v) is 12.0. The molecule has 4 fully saturated rings. The van der Waals surface area contributed by atoms with E-state index >= 15 is 0 Å². The SMILES string of the molecule is C[C@@H](CN1CC[C@@H](F)C1)[C@H]1CC[C@H]2/C(=C/C=C3C[C@@H](O)C[C@H](O)C3)CCC[C@]12C. The van der Waals surface area contributed by atoms with Gasteiger partial charge < -0.3 is 15.1 Å². The molecule has 1 aliphatic heterocycles. The summed E-state index contributed by atoms with van der Waals surface area (Å²) in [6.45, 7) is 7.52. The standard InChI is InChI=1S/C25H40FNO2/c1-17(15-27-11-9-20(26)16-27)23-7-8-24-19(4-3-10-25(23,24)2)6-5-18-12-21(28)14-22(29)13-18/h5-6,17,20-24,28-29H,3-4,7-16H2,1-2H3/b19-6+/t17-,20+,21+,22+,23+,24-,25+/m0/s1. The lowest BCUT2D eigenvalue weighted by Crippen LogP contribution is -2.39. The summed E-state index contributed by atoms with van der Waals surface area (Å²) in [5.74, 6) is 2.00. The number of hydrogen-bond donors (Lipinski definition) is 2. The van der Waals surface area contributed by atoms with Gasteiger partial charge in [0.1, 0.15) is 6.17 Å². The number of hydrogen-bond acceptors (Lipinski definition) is 3. The third kappa shape index (κ3) is 4.65. The van der Waals surface area contributed by atoms with Crippen molar-refractivity contribution >= 4 is 0 Å². The molecule has 7 atom stereocenters. The van der Waals surface area contributed by atoms with Crippen LogP contribution >= 0.6 is 0 Å². The molecule has 0 bridgehead atoms. The van der Waals surface area contributed by atoms with Crippen LogP contribution in [0.5, 0.6) is 0 Å². The fraction of sp³-hybridized carbons (Fsp3) is 0.840. The Kier molecular flexibility index (Phi) is 6.53. The van der Waals surface area contributed by atoms with Crippen molar-refractivity contribution in [1.82, 2.24) is 4.90 Å². The van der Waals surface area contributed by atoms with Gasteiger partial charge in [0, 0.05) is 19.6 Å². The molecule has 0 spiro atoms. The maximum Gasteiger partial charge on any atom is 0.114 e. The summed E-state index contributed by atoms with van der Waals surface area (Å²) in [6, 6.07) is 0. The lowest BCUT2D eigenvalue weighted by Gasteiger charge is -2.45. The minimum atomic E-state index is -0.622. The number of aliphatic hydroxyl groups excluding tert-OH is 2. The number of aliphatic hydroxyl groups is 2. The first kappa shape index (κ1) is 21.5. The molecule has 4 aliphatic rings. The first-order valence-electron chi connectivity index (χ1n) is 12.0. The van der Waals surface area contributed by atoms with E-state index in [4.69, 9.17) is 0 Å². The van der Waals surface area contributed by atoms with Gasteiger partial charge in [-0.05, 0) is 81.0 Å². The maximum atomic E-state index is 13.6. The molecule has 3 saturated carbocycles. The molecule has 164 valence electrons. The highest BCUT2D eigenvalue weighted by Crippen LogP contribution is 2.59. The molecule has 0 unspecified atom stereocenters. The van der Waals surface area contributed by atoms with Gasteiger partial charge in [-0.15, -0.1) is 0 Å². The number of allylic oxidation sites excluding steroid dienone is 3. The maximum absolute atomic E-state index is 13.6. The van der Waals surface area contributed by atoms with Gasteiger partial charge in [-0.25, -0.2) is 4.39 Å². The van der Waals surface area contributed by atoms with Gasteiger partial charge in [0.15, 0.2) is 0 Å². The second-order valence-electron chi connectivity index (χ2n) is 10.7. The van der Waals surface area contributed by atoms with Crippen molar-refractivity contribution in [2.75, 3.05) is 19.6 Å². The molecule has 1 heterocycles. The van der Waals surface area contributed by atoms with Gasteiger partial charge in [-0.3, -0.25) is 0 Å². The van der Waals surface area contributed by atoms with Crippen LogP contribution in [-0.4, -0.2) is 53.1 Å². The Morgan fingerprint density at radius 3 is 2.62 bits per heavy atom. The van der Waals surface area contributed by atoms with Crippen LogP contribution in [0.2, 0.25) is 0 Å². The highest BCUT2D eigenvalue weighted by molar-refractivity contribution is 5.26. The van der Waals surface area contributed by atoms with E-state index in [0.29, 0.717) is 49.5 Å². The summed E-state index contributed by atoms with van der Waals surface area (Å²) in [4.78, 5) is 2.34. The van der Waals surface area contributed by atoms with Crippen molar-refractivity contribution in [1.29, 1.82) is 0 Å². The number of fused-ring (bicyclic) bond motifs is 1. The van der Waals surface area contributed by atoms with E-state index in [2.05, 4.69) is 30.9 Å². The van der Waals surface area contributed by atoms with E-state index < -0.39 is 18.4 Å². The predicted octanol–water partition coefficient (Wildman–Crippen LogP) is 4.64. The van der Waals surface area contributed by atoms with E-state index in [0.717, 1.165) is 19.0 Å². The topological polar surface area (TPSA) is 43.7 Å². The largest absolute Gasteiger partial charge is 0.393 e. The van der Waals surface area contributed by atoms with E-state index in [1.165, 1.54) is 37.7 Å². The smallest absolute Gasteiger partial charge is 0.114 e. The van der Waals surface area contributed by atoms with Crippen LogP contribution in [0.4, 0.5) is 4.39 Å². The summed E-state index contributed by atoms with van der Waals surface area (Å²) in [7, 11) is 0. The quantitative estimate of drug-likeness (QED) is 0.716. The van der Waals surface area contributed by atoms with Crippen LogP contribution in [0.3, 0.4) is 0 Å². The highest BCUT2D eigenvalue weighted by atomic mass is 19.1. The summed E-state index contributed by atoms with van der Waals surface area (Å²) in [6.07, 6.45) is 12.1. The molecular formula is C25H40FNO2. The zero-order valence-electron chi connectivity index (χ0n) is 18.3. The van der Waals surface area contributed by atoms with Gasteiger partial charge in [-0.2, -0.15) is 0 Å². The van der Waals surface area contributed by atoms with Crippen LogP contribution in [0.25, 0.3) is 0 Å². The molecule has 0 aromatic heterocycles. The Balaban J connectivity index is 1.44. The van der Waals surface area contributed by atoms with Crippen molar-refractivity contribution in [2.24, 2.45) is 23.2 Å². The zero-order valence-corrected chi connectivity index (χ0v) is 18.3. The van der Waals surface area contributed by atoms with Gasteiger partial charge in [0.05, 0.1) is 12.2 Å². The third-order valence-electron chi connectivity index (χ3n) is 8.56. The average molecular weight is 406 g/mol. The van der Waals surface area contributed by atoms with Crippen LogP contribution in [0.15, 0.2) is 23.3 Å². The van der Waals surface area contributed by atoms with Gasteiger partial charge in [0.2, 0.25) is 0 Å².